The van der Waals surface area contributed by atoms with Crippen LogP contribution in [0.15, 0.2) is 4.52 Å². The standard InChI is InChI=1S/C10H16N2O2/c1-7-2-4-8(5-3-7)10-11-9(6-13)12-14-10/h7-8,13H,2-6H2,1H3. The Morgan fingerprint density at radius 2 is 2.07 bits per heavy atom. The van der Waals surface area contributed by atoms with Gasteiger partial charge in [0.05, 0.1) is 0 Å². The average Bonchev–Trinajstić information content (AvgIpc) is 2.67. The fourth-order valence-corrected chi connectivity index (χ4v) is 2.00. The van der Waals surface area contributed by atoms with Crippen molar-refractivity contribution in [2.45, 2.75) is 45.1 Å². The first-order valence-electron chi connectivity index (χ1n) is 5.23. The summed E-state index contributed by atoms with van der Waals surface area (Å²) in [6.45, 7) is 2.15. The van der Waals surface area contributed by atoms with Crippen LogP contribution in [-0.2, 0) is 6.61 Å². The SMILES string of the molecule is CC1CCC(c2nc(CO)no2)CC1. The summed E-state index contributed by atoms with van der Waals surface area (Å²) >= 11 is 0. The highest BCUT2D eigenvalue weighted by atomic mass is 16.5. The molecule has 0 aliphatic heterocycles. The summed E-state index contributed by atoms with van der Waals surface area (Å²) in [7, 11) is 0. The molecule has 1 aliphatic rings. The first-order chi connectivity index (χ1) is 6.79. The minimum Gasteiger partial charge on any atom is -0.388 e. The number of rotatable bonds is 2. The van der Waals surface area contributed by atoms with Gasteiger partial charge in [-0.25, -0.2) is 0 Å². The topological polar surface area (TPSA) is 59.2 Å². The van der Waals surface area contributed by atoms with Gasteiger partial charge in [-0.2, -0.15) is 4.98 Å². The van der Waals surface area contributed by atoms with E-state index in [-0.39, 0.29) is 6.61 Å². The quantitative estimate of drug-likeness (QED) is 0.784. The van der Waals surface area contributed by atoms with Crippen molar-refractivity contribution in [2.24, 2.45) is 5.92 Å². The first-order valence-corrected chi connectivity index (χ1v) is 5.23. The maximum absolute atomic E-state index is 8.81. The van der Waals surface area contributed by atoms with Crippen LogP contribution in [0, 0.1) is 5.92 Å². The van der Waals surface area contributed by atoms with E-state index >= 15 is 0 Å². The van der Waals surface area contributed by atoms with Crippen LogP contribution in [0.5, 0.6) is 0 Å². The Kier molecular flexibility index (Phi) is 2.82. The van der Waals surface area contributed by atoms with E-state index in [1.54, 1.807) is 0 Å². The Morgan fingerprint density at radius 1 is 1.36 bits per heavy atom. The van der Waals surface area contributed by atoms with E-state index in [9.17, 15) is 0 Å². The molecule has 1 heterocycles. The second kappa shape index (κ2) is 4.09. The minimum atomic E-state index is -0.132. The van der Waals surface area contributed by atoms with Crippen molar-refractivity contribution >= 4 is 0 Å². The summed E-state index contributed by atoms with van der Waals surface area (Å²) in [5, 5.41) is 12.5. The van der Waals surface area contributed by atoms with Crippen molar-refractivity contribution < 1.29 is 9.63 Å². The predicted octanol–water partition coefficient (Wildman–Crippen LogP) is 1.86. The van der Waals surface area contributed by atoms with Crippen molar-refractivity contribution in [3.63, 3.8) is 0 Å². The Hall–Kier alpha value is -0.900. The van der Waals surface area contributed by atoms with Crippen molar-refractivity contribution in [2.75, 3.05) is 0 Å². The third-order valence-electron chi connectivity index (χ3n) is 2.99. The molecule has 2 rings (SSSR count). The van der Waals surface area contributed by atoms with Crippen LogP contribution in [0.2, 0.25) is 0 Å². The molecule has 0 saturated heterocycles. The molecule has 1 N–H and O–H groups in total. The van der Waals surface area contributed by atoms with Crippen LogP contribution < -0.4 is 0 Å². The van der Waals surface area contributed by atoms with Crippen LogP contribution in [0.25, 0.3) is 0 Å². The lowest BCUT2D eigenvalue weighted by Gasteiger charge is -2.22. The zero-order chi connectivity index (χ0) is 9.97. The Balaban J connectivity index is 2.01. The lowest BCUT2D eigenvalue weighted by atomic mass is 9.83. The molecular weight excluding hydrogens is 180 g/mol. The van der Waals surface area contributed by atoms with Crippen molar-refractivity contribution in [3.05, 3.63) is 11.7 Å². The van der Waals surface area contributed by atoms with Gasteiger partial charge < -0.3 is 9.63 Å². The maximum Gasteiger partial charge on any atom is 0.229 e. The van der Waals surface area contributed by atoms with E-state index in [4.69, 9.17) is 9.63 Å². The molecule has 1 fully saturated rings. The molecule has 78 valence electrons. The molecule has 0 radical (unpaired) electrons. The molecule has 0 spiro atoms. The van der Waals surface area contributed by atoms with Gasteiger partial charge in [0.25, 0.3) is 0 Å². The predicted molar refractivity (Wildman–Crippen MR) is 50.6 cm³/mol. The summed E-state index contributed by atoms with van der Waals surface area (Å²) in [4.78, 5) is 4.15. The second-order valence-electron chi connectivity index (χ2n) is 4.16. The number of hydrogen-bond acceptors (Lipinski definition) is 4. The van der Waals surface area contributed by atoms with Crippen LogP contribution in [0.1, 0.15) is 50.2 Å². The molecule has 4 nitrogen and oxygen atoms in total. The van der Waals surface area contributed by atoms with Crippen molar-refractivity contribution in [1.82, 2.24) is 10.1 Å². The molecule has 14 heavy (non-hydrogen) atoms. The molecule has 4 heteroatoms. The van der Waals surface area contributed by atoms with E-state index in [2.05, 4.69) is 17.1 Å². The van der Waals surface area contributed by atoms with Gasteiger partial charge in [0.15, 0.2) is 5.82 Å². The van der Waals surface area contributed by atoms with Gasteiger partial charge in [0.2, 0.25) is 5.89 Å². The zero-order valence-electron chi connectivity index (χ0n) is 8.44. The Labute approximate surface area is 83.3 Å². The van der Waals surface area contributed by atoms with E-state index in [0.717, 1.165) is 18.8 Å². The zero-order valence-corrected chi connectivity index (χ0v) is 8.44. The van der Waals surface area contributed by atoms with E-state index in [1.165, 1.54) is 12.8 Å². The number of nitrogens with zero attached hydrogens (tertiary/aromatic N) is 2. The number of aliphatic hydroxyl groups is 1. The highest BCUT2D eigenvalue weighted by molar-refractivity contribution is 4.95. The number of aromatic nitrogens is 2. The van der Waals surface area contributed by atoms with Gasteiger partial charge in [-0.15, -0.1) is 0 Å². The molecule has 0 bridgehead atoms. The average molecular weight is 196 g/mol. The van der Waals surface area contributed by atoms with E-state index in [0.29, 0.717) is 17.6 Å². The summed E-state index contributed by atoms with van der Waals surface area (Å²) in [6, 6.07) is 0. The third kappa shape index (κ3) is 1.95. The fourth-order valence-electron chi connectivity index (χ4n) is 2.00. The van der Waals surface area contributed by atoms with Gasteiger partial charge in [0, 0.05) is 5.92 Å². The third-order valence-corrected chi connectivity index (χ3v) is 2.99. The van der Waals surface area contributed by atoms with Crippen LogP contribution in [-0.4, -0.2) is 15.2 Å². The molecule has 1 aromatic rings. The Morgan fingerprint density at radius 3 is 2.64 bits per heavy atom. The second-order valence-corrected chi connectivity index (χ2v) is 4.16. The van der Waals surface area contributed by atoms with E-state index in [1.807, 2.05) is 0 Å². The van der Waals surface area contributed by atoms with Crippen molar-refractivity contribution in [3.8, 4) is 0 Å². The number of hydrogen-bond donors (Lipinski definition) is 1. The van der Waals surface area contributed by atoms with Gasteiger partial charge in [-0.1, -0.05) is 12.1 Å². The first kappa shape index (κ1) is 9.65. The summed E-state index contributed by atoms with van der Waals surface area (Å²) in [5.41, 5.74) is 0. The normalized spacial score (nSPS) is 27.9. The van der Waals surface area contributed by atoms with Gasteiger partial charge in [-0.05, 0) is 31.6 Å². The molecule has 0 amide bonds. The number of aliphatic hydroxyl groups excluding tert-OH is 1. The van der Waals surface area contributed by atoms with Gasteiger partial charge in [0.1, 0.15) is 6.61 Å². The highest BCUT2D eigenvalue weighted by Crippen LogP contribution is 2.34. The highest BCUT2D eigenvalue weighted by Gasteiger charge is 2.24. The lowest BCUT2D eigenvalue weighted by molar-refractivity contribution is 0.257. The molecule has 0 atom stereocenters. The molecule has 1 aromatic heterocycles. The van der Waals surface area contributed by atoms with Crippen LogP contribution >= 0.6 is 0 Å². The van der Waals surface area contributed by atoms with Crippen LogP contribution in [0.4, 0.5) is 0 Å². The molecule has 0 aromatic carbocycles. The van der Waals surface area contributed by atoms with E-state index < -0.39 is 0 Å². The monoisotopic (exact) mass is 196 g/mol. The Bertz CT molecular complexity index is 290. The summed E-state index contributed by atoms with van der Waals surface area (Å²) < 4.78 is 5.11. The van der Waals surface area contributed by atoms with Gasteiger partial charge in [-0.3, -0.25) is 0 Å². The van der Waals surface area contributed by atoms with Gasteiger partial charge >= 0.3 is 0 Å². The maximum atomic E-state index is 8.81. The molecule has 1 saturated carbocycles. The fraction of sp³-hybridized carbons (Fsp3) is 0.800. The van der Waals surface area contributed by atoms with Crippen LogP contribution in [0.3, 0.4) is 0 Å². The smallest absolute Gasteiger partial charge is 0.229 e. The molecule has 0 unspecified atom stereocenters. The minimum absolute atomic E-state index is 0.132. The summed E-state index contributed by atoms with van der Waals surface area (Å²) in [6.07, 6.45) is 4.74. The molecule has 1 aliphatic carbocycles. The largest absolute Gasteiger partial charge is 0.388 e. The molecular formula is C10H16N2O2. The lowest BCUT2D eigenvalue weighted by Crippen LogP contribution is -2.11. The van der Waals surface area contributed by atoms with Crippen molar-refractivity contribution in [1.29, 1.82) is 0 Å². The summed E-state index contributed by atoms with van der Waals surface area (Å²) in [5.74, 6) is 2.35.